The fraction of sp³-hybridized carbons (Fsp3) is 0.438. The van der Waals surface area contributed by atoms with Crippen LogP contribution < -0.4 is 0 Å². The number of hydrogen-bond acceptors (Lipinski definition) is 4. The molecule has 1 aromatic carbocycles. The first-order valence-corrected chi connectivity index (χ1v) is 7.66. The number of halogens is 1. The molecule has 1 N–H and O–H groups in total. The SMILES string of the molecule is OC1(C2CC2)CN(Cc2ncc(-c3ccc(Cl)cc3)o2)C1. The highest BCUT2D eigenvalue weighted by Crippen LogP contribution is 2.44. The van der Waals surface area contributed by atoms with Crippen LogP contribution in [0.15, 0.2) is 34.9 Å². The van der Waals surface area contributed by atoms with Gasteiger partial charge in [0, 0.05) is 23.7 Å². The van der Waals surface area contributed by atoms with Crippen molar-refractivity contribution in [3.63, 3.8) is 0 Å². The maximum atomic E-state index is 10.3. The minimum Gasteiger partial charge on any atom is -0.439 e. The van der Waals surface area contributed by atoms with Gasteiger partial charge in [-0.15, -0.1) is 0 Å². The van der Waals surface area contributed by atoms with Gasteiger partial charge in [-0.05, 0) is 43.0 Å². The summed E-state index contributed by atoms with van der Waals surface area (Å²) in [5, 5.41) is 11.0. The predicted molar refractivity (Wildman–Crippen MR) is 79.9 cm³/mol. The van der Waals surface area contributed by atoms with Gasteiger partial charge in [-0.1, -0.05) is 11.6 Å². The van der Waals surface area contributed by atoms with E-state index in [1.54, 1.807) is 6.20 Å². The summed E-state index contributed by atoms with van der Waals surface area (Å²) in [6.07, 6.45) is 4.08. The molecule has 4 nitrogen and oxygen atoms in total. The second-order valence-electron chi connectivity index (χ2n) is 6.15. The average Bonchev–Trinajstić information content (AvgIpc) is 3.19. The smallest absolute Gasteiger partial charge is 0.209 e. The molecule has 5 heteroatoms. The Morgan fingerprint density at radius 3 is 2.67 bits per heavy atom. The Labute approximate surface area is 128 Å². The van der Waals surface area contributed by atoms with E-state index in [9.17, 15) is 5.11 Å². The lowest BCUT2D eigenvalue weighted by atomic mass is 9.89. The highest BCUT2D eigenvalue weighted by molar-refractivity contribution is 6.30. The minimum atomic E-state index is -0.453. The number of aromatic nitrogens is 1. The van der Waals surface area contributed by atoms with Crippen LogP contribution in [0, 0.1) is 5.92 Å². The van der Waals surface area contributed by atoms with Gasteiger partial charge in [-0.25, -0.2) is 4.98 Å². The summed E-state index contributed by atoms with van der Waals surface area (Å²) in [5.41, 5.74) is 0.516. The molecule has 1 aromatic heterocycles. The molecular formula is C16H17ClN2O2. The first kappa shape index (κ1) is 13.3. The summed E-state index contributed by atoms with van der Waals surface area (Å²) in [6, 6.07) is 7.51. The zero-order chi connectivity index (χ0) is 14.4. The number of likely N-dealkylation sites (tertiary alicyclic amines) is 1. The van der Waals surface area contributed by atoms with Gasteiger partial charge in [0.25, 0.3) is 0 Å². The molecule has 2 heterocycles. The first-order valence-electron chi connectivity index (χ1n) is 7.28. The third kappa shape index (κ3) is 2.59. The monoisotopic (exact) mass is 304 g/mol. The standard InChI is InChI=1S/C16H17ClN2O2/c17-13-5-1-11(2-6-13)14-7-18-15(21-14)8-19-9-16(20,10-19)12-3-4-12/h1-2,5-7,12,20H,3-4,8-10H2. The molecule has 0 radical (unpaired) electrons. The van der Waals surface area contributed by atoms with Gasteiger partial charge in [0.1, 0.15) is 0 Å². The first-order chi connectivity index (χ1) is 10.1. The van der Waals surface area contributed by atoms with E-state index in [2.05, 4.69) is 9.88 Å². The predicted octanol–water partition coefficient (Wildman–Crippen LogP) is 2.95. The second-order valence-corrected chi connectivity index (χ2v) is 6.58. The Hall–Kier alpha value is -1.36. The van der Waals surface area contributed by atoms with E-state index in [1.807, 2.05) is 24.3 Å². The van der Waals surface area contributed by atoms with E-state index in [0.717, 1.165) is 24.4 Å². The summed E-state index contributed by atoms with van der Waals surface area (Å²) in [4.78, 5) is 6.50. The Balaban J connectivity index is 1.40. The number of oxazole rings is 1. The van der Waals surface area contributed by atoms with Crippen molar-refractivity contribution in [2.45, 2.75) is 25.0 Å². The second kappa shape index (κ2) is 4.83. The van der Waals surface area contributed by atoms with Crippen molar-refractivity contribution in [2.24, 2.45) is 5.92 Å². The zero-order valence-corrected chi connectivity index (χ0v) is 12.4. The van der Waals surface area contributed by atoms with Gasteiger partial charge >= 0.3 is 0 Å². The van der Waals surface area contributed by atoms with Crippen molar-refractivity contribution in [1.29, 1.82) is 0 Å². The van der Waals surface area contributed by atoms with E-state index in [0.29, 0.717) is 23.4 Å². The molecule has 110 valence electrons. The van der Waals surface area contributed by atoms with Crippen LogP contribution in [0.4, 0.5) is 0 Å². The van der Waals surface area contributed by atoms with Crippen molar-refractivity contribution < 1.29 is 9.52 Å². The maximum Gasteiger partial charge on any atom is 0.209 e. The lowest BCUT2D eigenvalue weighted by Crippen LogP contribution is -2.62. The van der Waals surface area contributed by atoms with Crippen LogP contribution >= 0.6 is 11.6 Å². The van der Waals surface area contributed by atoms with Crippen LogP contribution in [0.25, 0.3) is 11.3 Å². The molecule has 0 unspecified atom stereocenters. The Kier molecular flexibility index (Phi) is 3.06. The van der Waals surface area contributed by atoms with Gasteiger partial charge in [-0.2, -0.15) is 0 Å². The third-order valence-electron chi connectivity index (χ3n) is 4.37. The number of nitrogens with zero attached hydrogens (tertiary/aromatic N) is 2. The van der Waals surface area contributed by atoms with Crippen LogP contribution in [0.3, 0.4) is 0 Å². The molecular weight excluding hydrogens is 288 g/mol. The Bertz CT molecular complexity index is 643. The lowest BCUT2D eigenvalue weighted by Gasteiger charge is -2.46. The molecule has 1 saturated heterocycles. The molecule has 0 amide bonds. The van der Waals surface area contributed by atoms with Crippen LogP contribution in [0.2, 0.25) is 5.02 Å². The van der Waals surface area contributed by atoms with Crippen LogP contribution in [0.5, 0.6) is 0 Å². The summed E-state index contributed by atoms with van der Waals surface area (Å²) in [5.74, 6) is 1.96. The summed E-state index contributed by atoms with van der Waals surface area (Å²) in [7, 11) is 0. The fourth-order valence-electron chi connectivity index (χ4n) is 3.04. The van der Waals surface area contributed by atoms with Crippen molar-refractivity contribution >= 4 is 11.6 Å². The highest BCUT2D eigenvalue weighted by Gasteiger charge is 2.51. The fourth-order valence-corrected chi connectivity index (χ4v) is 3.17. The number of rotatable bonds is 4. The van der Waals surface area contributed by atoms with E-state index in [-0.39, 0.29) is 0 Å². The topological polar surface area (TPSA) is 49.5 Å². The van der Waals surface area contributed by atoms with Gasteiger partial charge < -0.3 is 9.52 Å². The molecule has 21 heavy (non-hydrogen) atoms. The highest BCUT2D eigenvalue weighted by atomic mass is 35.5. The molecule has 1 saturated carbocycles. The molecule has 0 atom stereocenters. The number of aliphatic hydroxyl groups is 1. The summed E-state index contributed by atoms with van der Waals surface area (Å²) < 4.78 is 5.78. The third-order valence-corrected chi connectivity index (χ3v) is 4.63. The van der Waals surface area contributed by atoms with E-state index >= 15 is 0 Å². The number of β-amino-alcohol motifs (C(OH)–C–C–N with tert-alkyl or cyclic N) is 1. The van der Waals surface area contributed by atoms with Crippen LogP contribution in [-0.4, -0.2) is 33.7 Å². The molecule has 1 aliphatic carbocycles. The molecule has 4 rings (SSSR count). The summed E-state index contributed by atoms with van der Waals surface area (Å²) >= 11 is 5.88. The summed E-state index contributed by atoms with van der Waals surface area (Å²) in [6.45, 7) is 2.12. The molecule has 2 aliphatic rings. The van der Waals surface area contributed by atoms with Gasteiger partial charge in [0.2, 0.25) is 5.89 Å². The van der Waals surface area contributed by atoms with Crippen molar-refractivity contribution in [3.8, 4) is 11.3 Å². The van der Waals surface area contributed by atoms with E-state index in [4.69, 9.17) is 16.0 Å². The molecule has 0 spiro atoms. The molecule has 2 fully saturated rings. The van der Waals surface area contributed by atoms with Crippen LogP contribution in [-0.2, 0) is 6.54 Å². The normalized spacial score (nSPS) is 21.2. The zero-order valence-electron chi connectivity index (χ0n) is 11.6. The van der Waals surface area contributed by atoms with Gasteiger partial charge in [0.15, 0.2) is 5.76 Å². The molecule has 0 bridgehead atoms. The quantitative estimate of drug-likeness (QED) is 0.943. The molecule has 2 aromatic rings. The van der Waals surface area contributed by atoms with Crippen molar-refractivity contribution in [3.05, 3.63) is 41.4 Å². The van der Waals surface area contributed by atoms with Gasteiger partial charge in [-0.3, -0.25) is 4.90 Å². The van der Waals surface area contributed by atoms with Crippen molar-refractivity contribution in [1.82, 2.24) is 9.88 Å². The van der Waals surface area contributed by atoms with Gasteiger partial charge in [0.05, 0.1) is 18.3 Å². The Morgan fingerprint density at radius 2 is 2.00 bits per heavy atom. The maximum absolute atomic E-state index is 10.3. The van der Waals surface area contributed by atoms with E-state index in [1.165, 1.54) is 12.8 Å². The molecule has 1 aliphatic heterocycles. The average molecular weight is 305 g/mol. The largest absolute Gasteiger partial charge is 0.439 e. The number of benzene rings is 1. The van der Waals surface area contributed by atoms with Crippen molar-refractivity contribution in [2.75, 3.05) is 13.1 Å². The van der Waals surface area contributed by atoms with Crippen LogP contribution in [0.1, 0.15) is 18.7 Å². The lowest BCUT2D eigenvalue weighted by molar-refractivity contribution is -0.118. The minimum absolute atomic E-state index is 0.453. The number of hydrogen-bond donors (Lipinski definition) is 1. The van der Waals surface area contributed by atoms with E-state index < -0.39 is 5.60 Å². The Morgan fingerprint density at radius 1 is 1.29 bits per heavy atom.